The first kappa shape index (κ1) is 11.8. The molecule has 0 aliphatic heterocycles. The standard InChI is InChI=1S/C13H17N3O/c1-9-4-5-10(2)11(6-9)12(17)7-13-14-8-15-16(13)3/h4-6,8,12,17H,7H2,1-3H3. The number of aliphatic hydroxyl groups excluding tert-OH is 1. The Hall–Kier alpha value is -1.68. The highest BCUT2D eigenvalue weighted by Crippen LogP contribution is 2.21. The van der Waals surface area contributed by atoms with Crippen molar-refractivity contribution < 1.29 is 5.11 Å². The number of benzene rings is 1. The second kappa shape index (κ2) is 4.67. The van der Waals surface area contributed by atoms with Gasteiger partial charge < -0.3 is 5.11 Å². The topological polar surface area (TPSA) is 50.9 Å². The van der Waals surface area contributed by atoms with E-state index in [4.69, 9.17) is 0 Å². The summed E-state index contributed by atoms with van der Waals surface area (Å²) < 4.78 is 1.69. The quantitative estimate of drug-likeness (QED) is 0.874. The van der Waals surface area contributed by atoms with Crippen LogP contribution in [0.3, 0.4) is 0 Å². The molecule has 1 unspecified atom stereocenters. The Bertz CT molecular complexity index is 519. The average Bonchev–Trinajstić information content (AvgIpc) is 2.68. The lowest BCUT2D eigenvalue weighted by molar-refractivity contribution is 0.173. The number of hydrogen-bond acceptors (Lipinski definition) is 3. The summed E-state index contributed by atoms with van der Waals surface area (Å²) >= 11 is 0. The predicted molar refractivity (Wildman–Crippen MR) is 65.6 cm³/mol. The van der Waals surface area contributed by atoms with Crippen molar-refractivity contribution in [2.45, 2.75) is 26.4 Å². The number of aliphatic hydroxyl groups is 1. The maximum Gasteiger partial charge on any atom is 0.138 e. The fourth-order valence-electron chi connectivity index (χ4n) is 1.91. The minimum absolute atomic E-state index is 0.487. The van der Waals surface area contributed by atoms with E-state index in [2.05, 4.69) is 10.1 Å². The van der Waals surface area contributed by atoms with Crippen molar-refractivity contribution in [2.75, 3.05) is 0 Å². The van der Waals surface area contributed by atoms with Gasteiger partial charge in [-0.25, -0.2) is 4.98 Å². The molecule has 2 rings (SSSR count). The van der Waals surface area contributed by atoms with E-state index in [1.807, 2.05) is 39.1 Å². The minimum Gasteiger partial charge on any atom is -0.388 e. The Morgan fingerprint density at radius 1 is 1.35 bits per heavy atom. The molecule has 0 amide bonds. The molecule has 0 spiro atoms. The highest BCUT2D eigenvalue weighted by Gasteiger charge is 2.14. The van der Waals surface area contributed by atoms with Gasteiger partial charge in [0.1, 0.15) is 12.2 Å². The number of hydrogen-bond donors (Lipinski definition) is 1. The van der Waals surface area contributed by atoms with E-state index < -0.39 is 6.10 Å². The first-order valence-electron chi connectivity index (χ1n) is 5.66. The monoisotopic (exact) mass is 231 g/mol. The average molecular weight is 231 g/mol. The van der Waals surface area contributed by atoms with Crippen molar-refractivity contribution in [1.82, 2.24) is 14.8 Å². The first-order valence-corrected chi connectivity index (χ1v) is 5.66. The van der Waals surface area contributed by atoms with E-state index in [1.54, 1.807) is 4.68 Å². The SMILES string of the molecule is Cc1ccc(C)c(C(O)Cc2ncnn2C)c1. The Morgan fingerprint density at radius 3 is 2.76 bits per heavy atom. The summed E-state index contributed by atoms with van der Waals surface area (Å²) in [5, 5.41) is 14.2. The lowest BCUT2D eigenvalue weighted by atomic mass is 9.99. The van der Waals surface area contributed by atoms with Crippen LogP contribution in [0.25, 0.3) is 0 Å². The molecule has 1 N–H and O–H groups in total. The van der Waals surface area contributed by atoms with E-state index in [1.165, 1.54) is 6.33 Å². The van der Waals surface area contributed by atoms with E-state index in [-0.39, 0.29) is 0 Å². The summed E-state index contributed by atoms with van der Waals surface area (Å²) in [6.45, 7) is 4.03. The van der Waals surface area contributed by atoms with Crippen molar-refractivity contribution in [3.63, 3.8) is 0 Å². The van der Waals surface area contributed by atoms with Crippen molar-refractivity contribution >= 4 is 0 Å². The predicted octanol–water partition coefficient (Wildman–Crippen LogP) is 1.71. The van der Waals surface area contributed by atoms with Crippen molar-refractivity contribution in [3.05, 3.63) is 47.0 Å². The normalized spacial score (nSPS) is 12.7. The van der Waals surface area contributed by atoms with E-state index in [9.17, 15) is 5.11 Å². The maximum atomic E-state index is 10.2. The Balaban J connectivity index is 2.23. The highest BCUT2D eigenvalue weighted by molar-refractivity contribution is 5.32. The van der Waals surface area contributed by atoms with Gasteiger partial charge in [0.25, 0.3) is 0 Å². The largest absolute Gasteiger partial charge is 0.388 e. The number of rotatable bonds is 3. The second-order valence-corrected chi connectivity index (χ2v) is 4.38. The molecule has 1 aromatic heterocycles. The van der Waals surface area contributed by atoms with Gasteiger partial charge in [-0.3, -0.25) is 4.68 Å². The zero-order valence-electron chi connectivity index (χ0n) is 10.4. The molecule has 90 valence electrons. The summed E-state index contributed by atoms with van der Waals surface area (Å²) in [6, 6.07) is 6.11. The molecule has 0 bridgehead atoms. The summed E-state index contributed by atoms with van der Waals surface area (Å²) in [5.74, 6) is 0.790. The second-order valence-electron chi connectivity index (χ2n) is 4.38. The van der Waals surface area contributed by atoms with Crippen LogP contribution in [0.15, 0.2) is 24.5 Å². The molecule has 1 aromatic carbocycles. The van der Waals surface area contributed by atoms with E-state index >= 15 is 0 Å². The van der Waals surface area contributed by atoms with Crippen molar-refractivity contribution in [2.24, 2.45) is 7.05 Å². The molecule has 0 fully saturated rings. The third-order valence-electron chi connectivity index (χ3n) is 2.97. The fraction of sp³-hybridized carbons (Fsp3) is 0.385. The van der Waals surface area contributed by atoms with Gasteiger partial charge in [0.15, 0.2) is 0 Å². The Kier molecular flexibility index (Phi) is 3.24. The van der Waals surface area contributed by atoms with Crippen molar-refractivity contribution in [1.29, 1.82) is 0 Å². The van der Waals surface area contributed by atoms with Crippen LogP contribution in [0.4, 0.5) is 0 Å². The number of nitrogens with zero attached hydrogens (tertiary/aromatic N) is 3. The van der Waals surface area contributed by atoms with Crippen molar-refractivity contribution in [3.8, 4) is 0 Å². The summed E-state index contributed by atoms with van der Waals surface area (Å²) in [4.78, 5) is 4.13. The molecule has 4 nitrogen and oxygen atoms in total. The lowest BCUT2D eigenvalue weighted by Gasteiger charge is -2.14. The molecule has 1 atom stereocenters. The Labute approximate surface area is 101 Å². The molecule has 4 heteroatoms. The molecular weight excluding hydrogens is 214 g/mol. The van der Waals surface area contributed by atoms with Crippen LogP contribution in [-0.4, -0.2) is 19.9 Å². The first-order chi connectivity index (χ1) is 8.08. The smallest absolute Gasteiger partial charge is 0.138 e. The molecule has 0 radical (unpaired) electrons. The number of aromatic nitrogens is 3. The molecule has 17 heavy (non-hydrogen) atoms. The van der Waals surface area contributed by atoms with E-state index in [0.717, 1.165) is 22.5 Å². The summed E-state index contributed by atoms with van der Waals surface area (Å²) in [5.41, 5.74) is 3.22. The molecule has 1 heterocycles. The van der Waals surface area contributed by atoms with Crippen LogP contribution < -0.4 is 0 Å². The van der Waals surface area contributed by atoms with Crippen LogP contribution >= 0.6 is 0 Å². The van der Waals surface area contributed by atoms with Gasteiger partial charge in [0.05, 0.1) is 6.10 Å². The summed E-state index contributed by atoms with van der Waals surface area (Å²) in [7, 11) is 1.83. The molecule has 0 aliphatic rings. The van der Waals surface area contributed by atoms with Crippen LogP contribution in [0, 0.1) is 13.8 Å². The minimum atomic E-state index is -0.530. The third-order valence-corrected chi connectivity index (χ3v) is 2.97. The van der Waals surface area contributed by atoms with Crippen LogP contribution in [0.2, 0.25) is 0 Å². The van der Waals surface area contributed by atoms with Crippen LogP contribution in [0.1, 0.15) is 28.6 Å². The summed E-state index contributed by atoms with van der Waals surface area (Å²) in [6.07, 6.45) is 1.46. The van der Waals surface area contributed by atoms with Gasteiger partial charge in [-0.2, -0.15) is 5.10 Å². The van der Waals surface area contributed by atoms with Gasteiger partial charge >= 0.3 is 0 Å². The van der Waals surface area contributed by atoms with E-state index in [0.29, 0.717) is 6.42 Å². The van der Waals surface area contributed by atoms with Gasteiger partial charge in [-0.15, -0.1) is 0 Å². The zero-order chi connectivity index (χ0) is 12.4. The van der Waals surface area contributed by atoms with Gasteiger partial charge in [0, 0.05) is 13.5 Å². The van der Waals surface area contributed by atoms with Gasteiger partial charge in [0.2, 0.25) is 0 Å². The molecule has 0 aliphatic carbocycles. The zero-order valence-corrected chi connectivity index (χ0v) is 10.4. The maximum absolute atomic E-state index is 10.2. The van der Waals surface area contributed by atoms with Crippen LogP contribution in [-0.2, 0) is 13.5 Å². The molecule has 0 saturated carbocycles. The fourth-order valence-corrected chi connectivity index (χ4v) is 1.91. The highest BCUT2D eigenvalue weighted by atomic mass is 16.3. The number of aryl methyl sites for hydroxylation is 3. The Morgan fingerprint density at radius 2 is 2.12 bits per heavy atom. The van der Waals surface area contributed by atoms with Crippen LogP contribution in [0.5, 0.6) is 0 Å². The molecule has 2 aromatic rings. The van der Waals surface area contributed by atoms with Gasteiger partial charge in [-0.05, 0) is 25.0 Å². The lowest BCUT2D eigenvalue weighted by Crippen LogP contribution is -2.09. The molecular formula is C13H17N3O. The third kappa shape index (κ3) is 2.53. The molecule has 0 saturated heterocycles. The van der Waals surface area contributed by atoms with Gasteiger partial charge in [-0.1, -0.05) is 23.8 Å².